The molecule has 0 spiro atoms. The van der Waals surface area contributed by atoms with E-state index in [2.05, 4.69) is 5.32 Å². The number of carboxylic acids is 1. The standard InChI is InChI=1S/C11H13NO3S/c1-3-10(16)12-9-6-7(15-2)4-5-8(9)11(13)14/h4-6H,3H2,1-2H3,(H,12,16)(H,13,14). The molecule has 1 aromatic rings. The van der Waals surface area contributed by atoms with Gasteiger partial charge in [-0.15, -0.1) is 0 Å². The van der Waals surface area contributed by atoms with Gasteiger partial charge in [-0.2, -0.15) is 0 Å². The molecule has 1 aromatic carbocycles. The third-order valence-corrected chi connectivity index (χ3v) is 2.44. The number of hydrogen-bond donors (Lipinski definition) is 2. The SMILES string of the molecule is CCC(=S)Nc1cc(OC)ccc1C(=O)O. The second-order valence-electron chi connectivity index (χ2n) is 3.12. The first kappa shape index (κ1) is 12.4. The van der Waals surface area contributed by atoms with Gasteiger partial charge in [0.1, 0.15) is 5.75 Å². The molecule has 0 aliphatic carbocycles. The van der Waals surface area contributed by atoms with Crippen LogP contribution in [0.15, 0.2) is 18.2 Å². The second-order valence-corrected chi connectivity index (χ2v) is 3.61. The van der Waals surface area contributed by atoms with Gasteiger partial charge in [0, 0.05) is 6.07 Å². The summed E-state index contributed by atoms with van der Waals surface area (Å²) in [6.07, 6.45) is 0.658. The molecule has 0 aliphatic heterocycles. The second kappa shape index (κ2) is 5.46. The lowest BCUT2D eigenvalue weighted by Gasteiger charge is -2.10. The average molecular weight is 239 g/mol. The fraction of sp³-hybridized carbons (Fsp3) is 0.273. The summed E-state index contributed by atoms with van der Waals surface area (Å²) in [4.78, 5) is 11.6. The third kappa shape index (κ3) is 2.93. The molecule has 0 unspecified atom stereocenters. The number of benzene rings is 1. The molecule has 5 heteroatoms. The van der Waals surface area contributed by atoms with E-state index in [9.17, 15) is 4.79 Å². The molecule has 0 radical (unpaired) electrons. The lowest BCUT2D eigenvalue weighted by Crippen LogP contribution is -2.11. The molecule has 16 heavy (non-hydrogen) atoms. The van der Waals surface area contributed by atoms with Crippen LogP contribution in [0, 0.1) is 0 Å². The number of methoxy groups -OCH3 is 1. The number of anilines is 1. The summed E-state index contributed by atoms with van der Waals surface area (Å²) in [6.45, 7) is 1.90. The van der Waals surface area contributed by atoms with Crippen molar-refractivity contribution in [1.82, 2.24) is 0 Å². The van der Waals surface area contributed by atoms with Gasteiger partial charge in [0.2, 0.25) is 0 Å². The van der Waals surface area contributed by atoms with Crippen LogP contribution in [0.5, 0.6) is 5.75 Å². The van der Waals surface area contributed by atoms with E-state index >= 15 is 0 Å². The minimum Gasteiger partial charge on any atom is -0.497 e. The summed E-state index contributed by atoms with van der Waals surface area (Å²) in [5.74, 6) is -0.407. The molecule has 4 nitrogen and oxygen atoms in total. The molecule has 0 saturated carbocycles. The van der Waals surface area contributed by atoms with E-state index in [1.165, 1.54) is 13.2 Å². The van der Waals surface area contributed by atoms with Gasteiger partial charge in [-0.05, 0) is 18.6 Å². The summed E-state index contributed by atoms with van der Waals surface area (Å²) >= 11 is 5.02. The number of thiocarbonyl (C=S) groups is 1. The van der Waals surface area contributed by atoms with Crippen molar-refractivity contribution in [3.63, 3.8) is 0 Å². The van der Waals surface area contributed by atoms with Crippen molar-refractivity contribution in [2.75, 3.05) is 12.4 Å². The Bertz CT molecular complexity index is 418. The molecule has 0 aliphatic rings. The highest BCUT2D eigenvalue weighted by Crippen LogP contribution is 2.22. The van der Waals surface area contributed by atoms with Crippen molar-refractivity contribution in [2.45, 2.75) is 13.3 Å². The minimum atomic E-state index is -0.996. The summed E-state index contributed by atoms with van der Waals surface area (Å²) in [6, 6.07) is 4.71. The minimum absolute atomic E-state index is 0.177. The third-order valence-electron chi connectivity index (χ3n) is 2.05. The number of carbonyl (C=O) groups is 1. The zero-order chi connectivity index (χ0) is 12.1. The number of ether oxygens (including phenoxy) is 1. The van der Waals surface area contributed by atoms with Crippen LogP contribution in [0.3, 0.4) is 0 Å². The van der Waals surface area contributed by atoms with E-state index in [-0.39, 0.29) is 5.56 Å². The molecule has 0 saturated heterocycles. The van der Waals surface area contributed by atoms with Crippen molar-refractivity contribution < 1.29 is 14.6 Å². The van der Waals surface area contributed by atoms with Gasteiger partial charge in [-0.25, -0.2) is 4.79 Å². The van der Waals surface area contributed by atoms with Crippen LogP contribution >= 0.6 is 12.2 Å². The highest BCUT2D eigenvalue weighted by atomic mass is 32.1. The number of carboxylic acid groups (broad SMARTS) is 1. The van der Waals surface area contributed by atoms with Crippen LogP contribution in [0.2, 0.25) is 0 Å². The highest BCUT2D eigenvalue weighted by molar-refractivity contribution is 7.80. The van der Waals surface area contributed by atoms with Gasteiger partial charge in [0.15, 0.2) is 0 Å². The number of rotatable bonds is 4. The molecule has 0 heterocycles. The molecule has 0 aromatic heterocycles. The quantitative estimate of drug-likeness (QED) is 0.791. The molecule has 0 amide bonds. The monoisotopic (exact) mass is 239 g/mol. The Morgan fingerprint density at radius 2 is 2.25 bits per heavy atom. The van der Waals surface area contributed by atoms with Crippen LogP contribution in [-0.4, -0.2) is 23.2 Å². The maximum Gasteiger partial charge on any atom is 0.337 e. The van der Waals surface area contributed by atoms with E-state index in [0.717, 1.165) is 0 Å². The molecular formula is C11H13NO3S. The maximum absolute atomic E-state index is 11.0. The Hall–Kier alpha value is -1.62. The lowest BCUT2D eigenvalue weighted by atomic mass is 10.1. The van der Waals surface area contributed by atoms with Gasteiger partial charge in [-0.1, -0.05) is 19.1 Å². The smallest absolute Gasteiger partial charge is 0.337 e. The van der Waals surface area contributed by atoms with Gasteiger partial charge in [0.25, 0.3) is 0 Å². The zero-order valence-electron chi connectivity index (χ0n) is 9.11. The Morgan fingerprint density at radius 3 is 2.75 bits per heavy atom. The van der Waals surface area contributed by atoms with Crippen molar-refractivity contribution in [2.24, 2.45) is 0 Å². The fourth-order valence-corrected chi connectivity index (χ4v) is 1.29. The maximum atomic E-state index is 11.0. The summed E-state index contributed by atoms with van der Waals surface area (Å²) < 4.78 is 5.03. The summed E-state index contributed by atoms with van der Waals surface area (Å²) in [5.41, 5.74) is 0.635. The predicted octanol–water partition coefficient (Wildman–Crippen LogP) is 2.54. The van der Waals surface area contributed by atoms with Crippen LogP contribution in [0.4, 0.5) is 5.69 Å². The van der Waals surface area contributed by atoms with Crippen molar-refractivity contribution in [1.29, 1.82) is 0 Å². The highest BCUT2D eigenvalue weighted by Gasteiger charge is 2.11. The summed E-state index contributed by atoms with van der Waals surface area (Å²) in [5, 5.41) is 11.9. The molecular weight excluding hydrogens is 226 g/mol. The lowest BCUT2D eigenvalue weighted by molar-refractivity contribution is 0.0698. The van der Waals surface area contributed by atoms with Crippen molar-refractivity contribution >= 4 is 28.9 Å². The molecule has 1 rings (SSSR count). The topological polar surface area (TPSA) is 58.6 Å². The average Bonchev–Trinajstić information content (AvgIpc) is 2.28. The van der Waals surface area contributed by atoms with Crippen molar-refractivity contribution in [3.8, 4) is 5.75 Å². The largest absolute Gasteiger partial charge is 0.497 e. The zero-order valence-corrected chi connectivity index (χ0v) is 9.93. The van der Waals surface area contributed by atoms with Gasteiger partial charge >= 0.3 is 5.97 Å². The predicted molar refractivity (Wildman–Crippen MR) is 66.5 cm³/mol. The van der Waals surface area contributed by atoms with Crippen LogP contribution in [0.25, 0.3) is 0 Å². The van der Waals surface area contributed by atoms with E-state index < -0.39 is 5.97 Å². The molecule has 0 atom stereocenters. The Morgan fingerprint density at radius 1 is 1.56 bits per heavy atom. The Kier molecular flexibility index (Phi) is 4.25. The molecule has 0 bridgehead atoms. The fourth-order valence-electron chi connectivity index (χ4n) is 1.18. The first-order chi connectivity index (χ1) is 7.58. The first-order valence-corrected chi connectivity index (χ1v) is 5.20. The van der Waals surface area contributed by atoms with Gasteiger partial charge in [0.05, 0.1) is 23.3 Å². The molecule has 86 valence electrons. The Labute approximate surface area is 99.2 Å². The van der Waals surface area contributed by atoms with E-state index in [1.54, 1.807) is 12.1 Å². The summed E-state index contributed by atoms with van der Waals surface area (Å²) in [7, 11) is 1.53. The van der Waals surface area contributed by atoms with Gasteiger partial charge < -0.3 is 15.2 Å². The number of aromatic carboxylic acids is 1. The van der Waals surface area contributed by atoms with E-state index in [4.69, 9.17) is 22.1 Å². The normalized spacial score (nSPS) is 9.62. The number of nitrogens with one attached hydrogen (secondary N) is 1. The van der Waals surface area contributed by atoms with Gasteiger partial charge in [-0.3, -0.25) is 0 Å². The Balaban J connectivity index is 3.10. The van der Waals surface area contributed by atoms with Crippen LogP contribution < -0.4 is 10.1 Å². The van der Waals surface area contributed by atoms with E-state index in [0.29, 0.717) is 22.8 Å². The van der Waals surface area contributed by atoms with E-state index in [1.807, 2.05) is 6.92 Å². The van der Waals surface area contributed by atoms with Crippen molar-refractivity contribution in [3.05, 3.63) is 23.8 Å². The number of hydrogen-bond acceptors (Lipinski definition) is 3. The van der Waals surface area contributed by atoms with Crippen LogP contribution in [-0.2, 0) is 0 Å². The van der Waals surface area contributed by atoms with Crippen LogP contribution in [0.1, 0.15) is 23.7 Å². The first-order valence-electron chi connectivity index (χ1n) is 4.79. The molecule has 0 fully saturated rings. The molecule has 2 N–H and O–H groups in total.